The molecule has 1 heterocycles. The lowest BCUT2D eigenvalue weighted by Gasteiger charge is -2.22. The number of nitrogens with zero attached hydrogens (tertiary/aromatic N) is 1. The molecule has 18 heavy (non-hydrogen) atoms. The maximum Gasteiger partial charge on any atom is 0.239 e. The van der Waals surface area contributed by atoms with Gasteiger partial charge in [-0.2, -0.15) is 0 Å². The minimum atomic E-state index is -0.756. The third-order valence-electron chi connectivity index (χ3n) is 2.84. The van der Waals surface area contributed by atoms with Gasteiger partial charge in [0.1, 0.15) is 17.3 Å². The monoisotopic (exact) mass is 256 g/mol. The van der Waals surface area contributed by atoms with E-state index in [4.69, 9.17) is 5.11 Å². The third kappa shape index (κ3) is 2.59. The molecule has 0 bridgehead atoms. The number of hydrogen-bond acceptors (Lipinski definition) is 3. The number of amides is 1. The summed E-state index contributed by atoms with van der Waals surface area (Å²) in [6, 6.07) is 2.17. The molecule has 1 aromatic rings. The minimum Gasteiger partial charge on any atom is -0.392 e. The SMILES string of the molecule is O=C1CN(c2c(F)cc(CO)cc2F)CCCN1. The fourth-order valence-corrected chi connectivity index (χ4v) is 2.01. The van der Waals surface area contributed by atoms with Gasteiger partial charge in [0.2, 0.25) is 5.91 Å². The van der Waals surface area contributed by atoms with E-state index in [1.54, 1.807) is 0 Å². The van der Waals surface area contributed by atoms with E-state index in [1.807, 2.05) is 0 Å². The molecule has 1 aromatic carbocycles. The van der Waals surface area contributed by atoms with Gasteiger partial charge in [0, 0.05) is 13.1 Å². The largest absolute Gasteiger partial charge is 0.392 e. The second kappa shape index (κ2) is 5.30. The first kappa shape index (κ1) is 12.8. The molecule has 0 aromatic heterocycles. The van der Waals surface area contributed by atoms with Gasteiger partial charge in [0.25, 0.3) is 0 Å². The van der Waals surface area contributed by atoms with E-state index in [-0.39, 0.29) is 23.7 Å². The maximum absolute atomic E-state index is 13.8. The van der Waals surface area contributed by atoms with Gasteiger partial charge in [-0.3, -0.25) is 4.79 Å². The molecule has 2 N–H and O–H groups in total. The number of aliphatic hydroxyl groups is 1. The molecule has 1 amide bonds. The van der Waals surface area contributed by atoms with Crippen LogP contribution in [0.4, 0.5) is 14.5 Å². The molecule has 98 valence electrons. The van der Waals surface area contributed by atoms with Gasteiger partial charge in [-0.1, -0.05) is 0 Å². The lowest BCUT2D eigenvalue weighted by Crippen LogP contribution is -2.34. The summed E-state index contributed by atoms with van der Waals surface area (Å²) in [4.78, 5) is 12.8. The molecule has 0 radical (unpaired) electrons. The second-order valence-electron chi connectivity index (χ2n) is 4.19. The van der Waals surface area contributed by atoms with E-state index in [9.17, 15) is 13.6 Å². The Morgan fingerprint density at radius 1 is 1.33 bits per heavy atom. The number of nitrogens with one attached hydrogen (secondary N) is 1. The second-order valence-corrected chi connectivity index (χ2v) is 4.19. The number of anilines is 1. The number of carbonyl (C=O) groups excluding carboxylic acids is 1. The van der Waals surface area contributed by atoms with Crippen molar-refractivity contribution in [3.63, 3.8) is 0 Å². The molecule has 1 aliphatic heterocycles. The van der Waals surface area contributed by atoms with Crippen molar-refractivity contribution < 1.29 is 18.7 Å². The molecular formula is C12H14F2N2O2. The van der Waals surface area contributed by atoms with Crippen molar-refractivity contribution >= 4 is 11.6 Å². The van der Waals surface area contributed by atoms with Crippen LogP contribution in [-0.2, 0) is 11.4 Å². The Labute approximate surface area is 103 Å². The van der Waals surface area contributed by atoms with Crippen molar-refractivity contribution in [1.29, 1.82) is 0 Å². The lowest BCUT2D eigenvalue weighted by molar-refractivity contribution is -0.119. The zero-order valence-electron chi connectivity index (χ0n) is 9.75. The standard InChI is InChI=1S/C12H14F2N2O2/c13-9-4-8(7-17)5-10(14)12(9)16-3-1-2-15-11(18)6-16/h4-5,17H,1-3,6-7H2,(H,15,18). The van der Waals surface area contributed by atoms with Crippen LogP contribution < -0.4 is 10.2 Å². The molecule has 1 aliphatic rings. The van der Waals surface area contributed by atoms with E-state index in [2.05, 4.69) is 5.32 Å². The van der Waals surface area contributed by atoms with Crippen molar-refractivity contribution in [2.45, 2.75) is 13.0 Å². The first-order valence-corrected chi connectivity index (χ1v) is 5.72. The number of rotatable bonds is 2. The van der Waals surface area contributed by atoms with Gasteiger partial charge in [0.15, 0.2) is 0 Å². The van der Waals surface area contributed by atoms with E-state index < -0.39 is 18.2 Å². The Bertz CT molecular complexity index is 442. The molecule has 0 aliphatic carbocycles. The normalized spacial score (nSPS) is 16.4. The van der Waals surface area contributed by atoms with Crippen molar-refractivity contribution in [3.05, 3.63) is 29.3 Å². The Morgan fingerprint density at radius 2 is 2.00 bits per heavy atom. The smallest absolute Gasteiger partial charge is 0.239 e. The van der Waals surface area contributed by atoms with Crippen LogP contribution in [-0.4, -0.2) is 30.6 Å². The highest BCUT2D eigenvalue weighted by Gasteiger charge is 2.21. The number of carbonyl (C=O) groups is 1. The van der Waals surface area contributed by atoms with Gasteiger partial charge >= 0.3 is 0 Å². The van der Waals surface area contributed by atoms with Crippen LogP contribution in [0.3, 0.4) is 0 Å². The number of halogens is 2. The first-order valence-electron chi connectivity index (χ1n) is 5.72. The van der Waals surface area contributed by atoms with E-state index in [0.29, 0.717) is 19.5 Å². The molecule has 6 heteroatoms. The number of hydrogen-bond donors (Lipinski definition) is 2. The summed E-state index contributed by atoms with van der Waals surface area (Å²) in [6.07, 6.45) is 0.631. The topological polar surface area (TPSA) is 52.6 Å². The number of aliphatic hydroxyl groups excluding tert-OH is 1. The van der Waals surface area contributed by atoms with Crippen LogP contribution in [0, 0.1) is 11.6 Å². The summed E-state index contributed by atoms with van der Waals surface area (Å²) in [5, 5.41) is 11.5. The highest BCUT2D eigenvalue weighted by Crippen LogP contribution is 2.25. The van der Waals surface area contributed by atoms with Gasteiger partial charge < -0.3 is 15.3 Å². The Kier molecular flexibility index (Phi) is 3.76. The van der Waals surface area contributed by atoms with Gasteiger partial charge in [-0.05, 0) is 24.1 Å². The summed E-state index contributed by atoms with van der Waals surface area (Å²) >= 11 is 0. The summed E-state index contributed by atoms with van der Waals surface area (Å²) in [5.41, 5.74) is -0.0303. The molecule has 1 fully saturated rings. The van der Waals surface area contributed by atoms with Crippen LogP contribution in [0.1, 0.15) is 12.0 Å². The summed E-state index contributed by atoms with van der Waals surface area (Å²) in [5.74, 6) is -1.76. The maximum atomic E-state index is 13.8. The van der Waals surface area contributed by atoms with Crippen molar-refractivity contribution in [1.82, 2.24) is 5.32 Å². The molecule has 4 nitrogen and oxygen atoms in total. The average molecular weight is 256 g/mol. The Balaban J connectivity index is 2.34. The molecule has 0 spiro atoms. The molecule has 0 saturated carbocycles. The van der Waals surface area contributed by atoms with Crippen LogP contribution in [0.25, 0.3) is 0 Å². The molecular weight excluding hydrogens is 242 g/mol. The predicted molar refractivity (Wildman–Crippen MR) is 62.1 cm³/mol. The summed E-state index contributed by atoms with van der Waals surface area (Å²) in [6.45, 7) is 0.430. The van der Waals surface area contributed by atoms with Gasteiger partial charge in [-0.15, -0.1) is 0 Å². The highest BCUT2D eigenvalue weighted by molar-refractivity contribution is 5.81. The van der Waals surface area contributed by atoms with E-state index in [1.165, 1.54) is 4.90 Å². The zero-order valence-corrected chi connectivity index (χ0v) is 9.75. The highest BCUT2D eigenvalue weighted by atomic mass is 19.1. The van der Waals surface area contributed by atoms with Gasteiger partial charge in [-0.25, -0.2) is 8.78 Å². The Morgan fingerprint density at radius 3 is 2.61 bits per heavy atom. The van der Waals surface area contributed by atoms with Crippen molar-refractivity contribution in [3.8, 4) is 0 Å². The Hall–Kier alpha value is -1.69. The van der Waals surface area contributed by atoms with Crippen LogP contribution in [0.2, 0.25) is 0 Å². The molecule has 1 saturated heterocycles. The zero-order chi connectivity index (χ0) is 13.1. The summed E-state index contributed by atoms with van der Waals surface area (Å²) in [7, 11) is 0. The average Bonchev–Trinajstić information content (AvgIpc) is 2.53. The first-order chi connectivity index (χ1) is 8.61. The quantitative estimate of drug-likeness (QED) is 0.822. The van der Waals surface area contributed by atoms with Crippen molar-refractivity contribution in [2.24, 2.45) is 0 Å². The number of benzene rings is 1. The van der Waals surface area contributed by atoms with Gasteiger partial charge in [0.05, 0.1) is 13.2 Å². The molecule has 0 atom stereocenters. The van der Waals surface area contributed by atoms with E-state index >= 15 is 0 Å². The van der Waals surface area contributed by atoms with Crippen molar-refractivity contribution in [2.75, 3.05) is 24.5 Å². The van der Waals surface area contributed by atoms with Crippen LogP contribution in [0.15, 0.2) is 12.1 Å². The summed E-state index contributed by atoms with van der Waals surface area (Å²) < 4.78 is 27.6. The fourth-order valence-electron chi connectivity index (χ4n) is 2.01. The molecule has 0 unspecified atom stereocenters. The van der Waals surface area contributed by atoms with Crippen LogP contribution >= 0.6 is 0 Å². The van der Waals surface area contributed by atoms with E-state index in [0.717, 1.165) is 12.1 Å². The predicted octanol–water partition coefficient (Wildman–Crippen LogP) is 0.783. The molecule has 2 rings (SSSR count). The minimum absolute atomic E-state index is 0.0632. The fraction of sp³-hybridized carbons (Fsp3) is 0.417. The van der Waals surface area contributed by atoms with Crippen LogP contribution in [0.5, 0.6) is 0 Å². The lowest BCUT2D eigenvalue weighted by atomic mass is 10.1. The third-order valence-corrected chi connectivity index (χ3v) is 2.84.